The summed E-state index contributed by atoms with van der Waals surface area (Å²) in [6.07, 6.45) is 1.23. The van der Waals surface area contributed by atoms with Crippen LogP contribution in [0.2, 0.25) is 23.7 Å². The van der Waals surface area contributed by atoms with Crippen LogP contribution in [0.4, 0.5) is 0 Å². The number of rotatable bonds is 2. The fourth-order valence-corrected chi connectivity index (χ4v) is 2.24. The lowest BCUT2D eigenvalue weighted by Gasteiger charge is -2.38. The minimum absolute atomic E-state index is 0.421. The van der Waals surface area contributed by atoms with Gasteiger partial charge in [-0.15, -0.1) is 6.22 Å². The van der Waals surface area contributed by atoms with Gasteiger partial charge in [-0.05, 0) is 0 Å². The van der Waals surface area contributed by atoms with Gasteiger partial charge in [-0.25, -0.2) is 0 Å². The zero-order chi connectivity index (χ0) is 9.99. The van der Waals surface area contributed by atoms with Crippen LogP contribution < -0.4 is 0 Å². The van der Waals surface area contributed by atoms with E-state index in [1.54, 1.807) is 0 Å². The van der Waals surface area contributed by atoms with Crippen LogP contribution in [0.15, 0.2) is 0 Å². The van der Waals surface area contributed by atoms with Crippen LogP contribution in [0.25, 0.3) is 0 Å². The second-order valence-corrected chi connectivity index (χ2v) is 5.93. The summed E-state index contributed by atoms with van der Waals surface area (Å²) in [6, 6.07) is 0. The van der Waals surface area contributed by atoms with Crippen LogP contribution in [-0.2, 0) is 0 Å². The maximum atomic E-state index is 2.34. The SMILES string of the molecule is C[B]CB(C(C)(C)C)C(C)(C)C. The molecule has 0 rings (SSSR count). The summed E-state index contributed by atoms with van der Waals surface area (Å²) in [4.78, 5) is 0. The third kappa shape index (κ3) is 3.69. The average molecular weight is 165 g/mol. The quantitative estimate of drug-likeness (QED) is 0.545. The van der Waals surface area contributed by atoms with E-state index in [2.05, 4.69) is 55.6 Å². The Hall–Kier alpha value is 0.130. The van der Waals surface area contributed by atoms with E-state index in [-0.39, 0.29) is 0 Å². The molecule has 0 amide bonds. The average Bonchev–Trinajstić information content (AvgIpc) is 1.77. The first-order chi connectivity index (χ1) is 5.19. The molecule has 0 aromatic rings. The molecule has 0 saturated heterocycles. The smallest absolute Gasteiger partial charge is 0.100 e. The van der Waals surface area contributed by atoms with Gasteiger partial charge in [-0.3, -0.25) is 0 Å². The van der Waals surface area contributed by atoms with Crippen molar-refractivity contribution in [2.75, 3.05) is 0 Å². The van der Waals surface area contributed by atoms with Crippen molar-refractivity contribution in [1.29, 1.82) is 0 Å². The first-order valence-corrected chi connectivity index (χ1v) is 4.97. The monoisotopic (exact) mass is 165 g/mol. The topological polar surface area (TPSA) is 0 Å². The highest BCUT2D eigenvalue weighted by molar-refractivity contribution is 6.73. The van der Waals surface area contributed by atoms with Crippen molar-refractivity contribution < 1.29 is 0 Å². The Bertz CT molecular complexity index is 114. The van der Waals surface area contributed by atoms with Gasteiger partial charge in [0.15, 0.2) is 0 Å². The molecule has 1 radical (unpaired) electrons. The van der Waals surface area contributed by atoms with Gasteiger partial charge in [0.05, 0.1) is 7.28 Å². The summed E-state index contributed by atoms with van der Waals surface area (Å²) < 4.78 is 0. The summed E-state index contributed by atoms with van der Waals surface area (Å²) in [5.41, 5.74) is 0. The first kappa shape index (κ1) is 12.1. The molecule has 0 nitrogen and oxygen atoms in total. The van der Waals surface area contributed by atoms with E-state index >= 15 is 0 Å². The Morgan fingerprint density at radius 2 is 1.25 bits per heavy atom. The Labute approximate surface area is 79.8 Å². The van der Waals surface area contributed by atoms with Gasteiger partial charge < -0.3 is 0 Å². The maximum Gasteiger partial charge on any atom is 0.143 e. The van der Waals surface area contributed by atoms with Crippen molar-refractivity contribution in [3.05, 3.63) is 0 Å². The highest BCUT2D eigenvalue weighted by atomic mass is 14.1. The predicted molar refractivity (Wildman–Crippen MR) is 61.6 cm³/mol. The van der Waals surface area contributed by atoms with Gasteiger partial charge in [0.25, 0.3) is 0 Å². The molecule has 0 heterocycles. The molecule has 69 valence electrons. The molecule has 0 aromatic heterocycles. The van der Waals surface area contributed by atoms with Crippen LogP contribution in [-0.4, -0.2) is 14.0 Å². The van der Waals surface area contributed by atoms with E-state index in [1.807, 2.05) is 0 Å². The van der Waals surface area contributed by atoms with Crippen molar-refractivity contribution in [2.45, 2.75) is 65.2 Å². The fourth-order valence-electron chi connectivity index (χ4n) is 2.24. The van der Waals surface area contributed by atoms with Crippen molar-refractivity contribution in [2.24, 2.45) is 0 Å². The third-order valence-corrected chi connectivity index (χ3v) is 2.56. The van der Waals surface area contributed by atoms with Gasteiger partial charge in [-0.2, -0.15) is 0 Å². The molecule has 0 fully saturated rings. The van der Waals surface area contributed by atoms with Crippen molar-refractivity contribution >= 4 is 14.0 Å². The van der Waals surface area contributed by atoms with E-state index in [1.165, 1.54) is 6.22 Å². The Kier molecular flexibility index (Phi) is 3.93. The van der Waals surface area contributed by atoms with E-state index in [9.17, 15) is 0 Å². The molecule has 2 heteroatoms. The molecule has 0 N–H and O–H groups in total. The van der Waals surface area contributed by atoms with E-state index < -0.39 is 0 Å². The number of hydrogen-bond donors (Lipinski definition) is 0. The predicted octanol–water partition coefficient (Wildman–Crippen LogP) is 3.79. The molecule has 12 heavy (non-hydrogen) atoms. The molecule has 0 atom stereocenters. The zero-order valence-electron chi connectivity index (χ0n) is 9.86. The molecule has 0 unspecified atom stereocenters. The second kappa shape index (κ2) is 3.89. The highest BCUT2D eigenvalue weighted by Crippen LogP contribution is 2.43. The van der Waals surface area contributed by atoms with Crippen molar-refractivity contribution in [3.8, 4) is 0 Å². The Morgan fingerprint density at radius 3 is 1.33 bits per heavy atom. The maximum absolute atomic E-state index is 2.34. The molecule has 0 spiro atoms. The summed E-state index contributed by atoms with van der Waals surface area (Å²) >= 11 is 0. The van der Waals surface area contributed by atoms with Crippen LogP contribution in [0.5, 0.6) is 0 Å². The van der Waals surface area contributed by atoms with Crippen LogP contribution in [0, 0.1) is 0 Å². The fraction of sp³-hybridized carbons (Fsp3) is 1.00. The van der Waals surface area contributed by atoms with Gasteiger partial charge in [0.1, 0.15) is 6.71 Å². The normalized spacial score (nSPS) is 12.9. The minimum atomic E-state index is 0.421. The summed E-state index contributed by atoms with van der Waals surface area (Å²) in [5, 5.41) is 0.843. The van der Waals surface area contributed by atoms with Gasteiger partial charge >= 0.3 is 0 Å². The first-order valence-electron chi connectivity index (χ1n) is 4.97. The Balaban J connectivity index is 4.45. The highest BCUT2D eigenvalue weighted by Gasteiger charge is 2.36. The molecule has 0 bridgehead atoms. The number of hydrogen-bond acceptors (Lipinski definition) is 0. The van der Waals surface area contributed by atoms with E-state index in [4.69, 9.17) is 0 Å². The second-order valence-electron chi connectivity index (χ2n) is 5.93. The van der Waals surface area contributed by atoms with Crippen LogP contribution in [0.1, 0.15) is 41.5 Å². The van der Waals surface area contributed by atoms with Crippen molar-refractivity contribution in [3.63, 3.8) is 0 Å². The lowest BCUT2D eigenvalue weighted by Crippen LogP contribution is -2.35. The molecule has 0 aliphatic rings. The standard InChI is InChI=1S/C10H23B2/c1-9(2,3)12(8-11-7)10(4,5)6/h8H2,1-7H3. The largest absolute Gasteiger partial charge is 0.143 e. The van der Waals surface area contributed by atoms with Crippen LogP contribution >= 0.6 is 0 Å². The molecular formula is C10H23B2. The third-order valence-electron chi connectivity index (χ3n) is 2.56. The molecule has 0 aliphatic heterocycles. The lowest BCUT2D eigenvalue weighted by atomic mass is 9.19. The van der Waals surface area contributed by atoms with Crippen molar-refractivity contribution in [1.82, 2.24) is 0 Å². The summed E-state index contributed by atoms with van der Waals surface area (Å²) in [5.74, 6) is 0. The lowest BCUT2D eigenvalue weighted by molar-refractivity contribution is 0.644. The summed E-state index contributed by atoms with van der Waals surface area (Å²) in [6.45, 7) is 17.0. The summed E-state index contributed by atoms with van der Waals surface area (Å²) in [7, 11) is 2.29. The van der Waals surface area contributed by atoms with E-state index in [0.717, 1.165) is 6.71 Å². The van der Waals surface area contributed by atoms with Gasteiger partial charge in [-0.1, -0.05) is 59.0 Å². The molecule has 0 aliphatic carbocycles. The molecule has 0 saturated carbocycles. The Morgan fingerprint density at radius 1 is 0.917 bits per heavy atom. The molecule has 0 aromatic carbocycles. The van der Waals surface area contributed by atoms with Crippen LogP contribution in [0.3, 0.4) is 0 Å². The minimum Gasteiger partial charge on any atom is -0.100 e. The van der Waals surface area contributed by atoms with E-state index in [0.29, 0.717) is 10.6 Å². The van der Waals surface area contributed by atoms with Gasteiger partial charge in [0.2, 0.25) is 0 Å². The van der Waals surface area contributed by atoms with Gasteiger partial charge in [0, 0.05) is 0 Å². The molecular weight excluding hydrogens is 142 g/mol. The zero-order valence-corrected chi connectivity index (χ0v) is 9.86.